The summed E-state index contributed by atoms with van der Waals surface area (Å²) in [4.78, 5) is 23.6. The maximum Gasteiger partial charge on any atom is 0.254 e. The van der Waals surface area contributed by atoms with E-state index < -0.39 is 5.91 Å². The van der Waals surface area contributed by atoms with Gasteiger partial charge >= 0.3 is 0 Å². The van der Waals surface area contributed by atoms with Gasteiger partial charge in [0.15, 0.2) is 0 Å². The molecule has 0 aliphatic carbocycles. The van der Waals surface area contributed by atoms with Crippen molar-refractivity contribution in [2.75, 3.05) is 13.6 Å². The number of halogens is 1. The molecule has 80 valence electrons. The van der Waals surface area contributed by atoms with Crippen LogP contribution in [0.15, 0.2) is 28.7 Å². The Morgan fingerprint density at radius 3 is 2.33 bits per heavy atom. The second-order valence-electron chi connectivity index (χ2n) is 3.13. The number of benzene rings is 1. The molecule has 0 bridgehead atoms. The Labute approximate surface area is 96.2 Å². The van der Waals surface area contributed by atoms with Crippen molar-refractivity contribution in [3.63, 3.8) is 0 Å². The van der Waals surface area contributed by atoms with Gasteiger partial charge in [-0.05, 0) is 24.3 Å². The minimum absolute atomic E-state index is 0.0745. The summed E-state index contributed by atoms with van der Waals surface area (Å²) in [6.07, 6.45) is 0. The minimum Gasteiger partial charge on any atom is -0.368 e. The van der Waals surface area contributed by atoms with Crippen LogP contribution in [0.2, 0.25) is 0 Å². The maximum absolute atomic E-state index is 11.7. The lowest BCUT2D eigenvalue weighted by molar-refractivity contribution is -0.118. The number of carbonyl (C=O) groups is 2. The molecule has 2 amide bonds. The molecule has 5 heteroatoms. The molecule has 0 aromatic heterocycles. The van der Waals surface area contributed by atoms with Crippen LogP contribution in [0.25, 0.3) is 0 Å². The van der Waals surface area contributed by atoms with Gasteiger partial charge in [-0.1, -0.05) is 15.9 Å². The van der Waals surface area contributed by atoms with Gasteiger partial charge in [-0.2, -0.15) is 0 Å². The molecule has 4 nitrogen and oxygen atoms in total. The molecule has 1 aromatic rings. The molecule has 0 saturated carbocycles. The predicted octanol–water partition coefficient (Wildman–Crippen LogP) is 1.01. The van der Waals surface area contributed by atoms with Crippen LogP contribution in [0.4, 0.5) is 0 Å². The van der Waals surface area contributed by atoms with Crippen molar-refractivity contribution in [2.24, 2.45) is 5.73 Å². The van der Waals surface area contributed by atoms with E-state index in [0.717, 1.165) is 4.47 Å². The highest BCUT2D eigenvalue weighted by atomic mass is 79.9. The van der Waals surface area contributed by atoms with Crippen LogP contribution in [-0.4, -0.2) is 30.3 Å². The summed E-state index contributed by atoms with van der Waals surface area (Å²) in [6, 6.07) is 6.91. The van der Waals surface area contributed by atoms with E-state index in [1.807, 2.05) is 0 Å². The molecule has 0 radical (unpaired) electrons. The normalized spacial score (nSPS) is 9.73. The van der Waals surface area contributed by atoms with Crippen LogP contribution < -0.4 is 5.73 Å². The second kappa shape index (κ2) is 4.93. The van der Waals surface area contributed by atoms with Gasteiger partial charge in [-0.25, -0.2) is 0 Å². The monoisotopic (exact) mass is 270 g/mol. The molecule has 0 saturated heterocycles. The number of nitrogens with two attached hydrogens (primary N) is 1. The zero-order chi connectivity index (χ0) is 11.4. The number of primary amides is 1. The summed E-state index contributed by atoms with van der Waals surface area (Å²) in [5, 5.41) is 0. The highest BCUT2D eigenvalue weighted by Gasteiger charge is 2.12. The molecule has 0 atom stereocenters. The Morgan fingerprint density at radius 1 is 1.33 bits per heavy atom. The quantitative estimate of drug-likeness (QED) is 0.891. The first-order valence-electron chi connectivity index (χ1n) is 4.30. The molecule has 15 heavy (non-hydrogen) atoms. The molecule has 0 fully saturated rings. The Kier molecular flexibility index (Phi) is 3.85. The Hall–Kier alpha value is -1.36. The van der Waals surface area contributed by atoms with E-state index in [4.69, 9.17) is 5.73 Å². The zero-order valence-electron chi connectivity index (χ0n) is 8.24. The molecular formula is C10H11BrN2O2. The van der Waals surface area contributed by atoms with Gasteiger partial charge in [0.25, 0.3) is 5.91 Å². The number of hydrogen-bond acceptors (Lipinski definition) is 2. The van der Waals surface area contributed by atoms with Crippen molar-refractivity contribution in [1.29, 1.82) is 0 Å². The molecule has 0 aliphatic rings. The Morgan fingerprint density at radius 2 is 1.87 bits per heavy atom. The van der Waals surface area contributed by atoms with Crippen molar-refractivity contribution in [2.45, 2.75) is 0 Å². The van der Waals surface area contributed by atoms with Crippen molar-refractivity contribution in [1.82, 2.24) is 4.90 Å². The minimum atomic E-state index is -0.525. The predicted molar refractivity (Wildman–Crippen MR) is 60.3 cm³/mol. The lowest BCUT2D eigenvalue weighted by atomic mass is 10.2. The maximum atomic E-state index is 11.7. The third-order valence-corrected chi connectivity index (χ3v) is 2.36. The van der Waals surface area contributed by atoms with Gasteiger partial charge in [0.1, 0.15) is 0 Å². The second-order valence-corrected chi connectivity index (χ2v) is 4.05. The van der Waals surface area contributed by atoms with Crippen molar-refractivity contribution in [3.8, 4) is 0 Å². The van der Waals surface area contributed by atoms with Crippen LogP contribution in [0, 0.1) is 0 Å². The fraction of sp³-hybridized carbons (Fsp3) is 0.200. The van der Waals surface area contributed by atoms with Gasteiger partial charge in [-0.15, -0.1) is 0 Å². The van der Waals surface area contributed by atoms with E-state index >= 15 is 0 Å². The van der Waals surface area contributed by atoms with E-state index in [1.165, 1.54) is 11.9 Å². The third-order valence-electron chi connectivity index (χ3n) is 1.83. The molecule has 0 unspecified atom stereocenters. The number of hydrogen-bond donors (Lipinski definition) is 1. The average molecular weight is 271 g/mol. The lowest BCUT2D eigenvalue weighted by Gasteiger charge is -2.14. The first-order valence-corrected chi connectivity index (χ1v) is 5.09. The topological polar surface area (TPSA) is 63.4 Å². The highest BCUT2D eigenvalue weighted by Crippen LogP contribution is 2.11. The van der Waals surface area contributed by atoms with Gasteiger partial charge in [0.2, 0.25) is 5.91 Å². The highest BCUT2D eigenvalue weighted by molar-refractivity contribution is 9.10. The summed E-state index contributed by atoms with van der Waals surface area (Å²) in [7, 11) is 1.54. The summed E-state index contributed by atoms with van der Waals surface area (Å²) in [5.41, 5.74) is 5.52. The van der Waals surface area contributed by atoms with Crippen LogP contribution in [0.1, 0.15) is 10.4 Å². The number of likely N-dealkylation sites (N-methyl/N-ethyl adjacent to an activating group) is 1. The standard InChI is InChI=1S/C10H11BrN2O2/c1-13(6-9(12)14)10(15)7-2-4-8(11)5-3-7/h2-5H,6H2,1H3,(H2,12,14). The van der Waals surface area contributed by atoms with Gasteiger partial charge < -0.3 is 10.6 Å². The van der Waals surface area contributed by atoms with Gasteiger partial charge in [-0.3, -0.25) is 9.59 Å². The fourth-order valence-corrected chi connectivity index (χ4v) is 1.38. The molecule has 0 aliphatic heterocycles. The molecule has 0 spiro atoms. The largest absolute Gasteiger partial charge is 0.368 e. The van der Waals surface area contributed by atoms with E-state index in [0.29, 0.717) is 5.56 Å². The lowest BCUT2D eigenvalue weighted by Crippen LogP contribution is -2.35. The summed E-state index contributed by atoms with van der Waals surface area (Å²) < 4.78 is 0.900. The zero-order valence-corrected chi connectivity index (χ0v) is 9.82. The molecular weight excluding hydrogens is 260 g/mol. The first-order chi connectivity index (χ1) is 7.00. The van der Waals surface area contributed by atoms with E-state index in [2.05, 4.69) is 15.9 Å². The van der Waals surface area contributed by atoms with E-state index in [1.54, 1.807) is 24.3 Å². The van der Waals surface area contributed by atoms with Crippen molar-refractivity contribution < 1.29 is 9.59 Å². The smallest absolute Gasteiger partial charge is 0.254 e. The van der Waals surface area contributed by atoms with Gasteiger partial charge in [0.05, 0.1) is 6.54 Å². The third kappa shape index (κ3) is 3.36. The Balaban J connectivity index is 2.76. The van der Waals surface area contributed by atoms with Gasteiger partial charge in [0, 0.05) is 17.1 Å². The van der Waals surface area contributed by atoms with Crippen molar-refractivity contribution in [3.05, 3.63) is 34.3 Å². The van der Waals surface area contributed by atoms with E-state index in [9.17, 15) is 9.59 Å². The first kappa shape index (κ1) is 11.7. The SMILES string of the molecule is CN(CC(N)=O)C(=O)c1ccc(Br)cc1. The number of carbonyl (C=O) groups excluding carboxylic acids is 2. The molecule has 0 heterocycles. The molecule has 1 rings (SSSR count). The number of amides is 2. The Bertz CT molecular complexity index is 376. The van der Waals surface area contributed by atoms with Crippen LogP contribution in [0.5, 0.6) is 0 Å². The van der Waals surface area contributed by atoms with Crippen LogP contribution in [-0.2, 0) is 4.79 Å². The summed E-state index contributed by atoms with van der Waals surface area (Å²) in [5.74, 6) is -0.746. The fourth-order valence-electron chi connectivity index (χ4n) is 1.12. The van der Waals surface area contributed by atoms with Crippen LogP contribution in [0.3, 0.4) is 0 Å². The molecule has 1 aromatic carbocycles. The summed E-state index contributed by atoms with van der Waals surface area (Å²) in [6.45, 7) is -0.0745. The van der Waals surface area contributed by atoms with E-state index in [-0.39, 0.29) is 12.5 Å². The summed E-state index contributed by atoms with van der Waals surface area (Å²) >= 11 is 3.27. The number of nitrogens with zero attached hydrogens (tertiary/aromatic N) is 1. The average Bonchev–Trinajstić information content (AvgIpc) is 2.17. The molecule has 2 N–H and O–H groups in total. The number of rotatable bonds is 3. The van der Waals surface area contributed by atoms with Crippen molar-refractivity contribution >= 4 is 27.7 Å². The van der Waals surface area contributed by atoms with Crippen LogP contribution >= 0.6 is 15.9 Å².